The lowest BCUT2D eigenvalue weighted by Gasteiger charge is -2.26. The number of carbonyl (C=O) groups excluding carboxylic acids is 1. The van der Waals surface area contributed by atoms with Gasteiger partial charge in [0.15, 0.2) is 15.9 Å². The third kappa shape index (κ3) is 4.22. The molecule has 2 atom stereocenters. The Bertz CT molecular complexity index is 714. The van der Waals surface area contributed by atoms with Crippen molar-refractivity contribution in [1.82, 2.24) is 4.90 Å². The van der Waals surface area contributed by atoms with Gasteiger partial charge in [-0.15, -0.1) is 0 Å². The number of sulfone groups is 1. The largest absolute Gasteiger partial charge is 0.481 e. The third-order valence-electron chi connectivity index (χ3n) is 3.85. The molecule has 0 radical (unpaired) electrons. The van der Waals surface area contributed by atoms with Crippen LogP contribution in [0.1, 0.15) is 23.7 Å². The number of rotatable bonds is 5. The van der Waals surface area contributed by atoms with Gasteiger partial charge in [-0.05, 0) is 31.5 Å². The van der Waals surface area contributed by atoms with Crippen molar-refractivity contribution in [3.05, 3.63) is 29.8 Å². The summed E-state index contributed by atoms with van der Waals surface area (Å²) in [5, 5.41) is 8.95. The van der Waals surface area contributed by atoms with Gasteiger partial charge >= 0.3 is 5.97 Å². The second-order valence-corrected chi connectivity index (χ2v) is 7.83. The average Bonchev–Trinajstić information content (AvgIpc) is 2.86. The van der Waals surface area contributed by atoms with Gasteiger partial charge in [-0.3, -0.25) is 4.79 Å². The van der Waals surface area contributed by atoms with E-state index < -0.39 is 21.9 Å². The zero-order chi connectivity index (χ0) is 17.2. The number of aromatic carboxylic acids is 1. The molecule has 1 saturated heterocycles. The molecular weight excluding hydrogens is 322 g/mol. The van der Waals surface area contributed by atoms with Gasteiger partial charge in [-0.2, -0.15) is 0 Å². The maximum absolute atomic E-state index is 12.4. The average molecular weight is 341 g/mol. The lowest BCUT2D eigenvalue weighted by atomic mass is 10.2. The van der Waals surface area contributed by atoms with E-state index in [1.165, 1.54) is 23.1 Å². The topological polar surface area (TPSA) is 101 Å². The summed E-state index contributed by atoms with van der Waals surface area (Å²) in [7, 11) is -1.52. The molecule has 1 N–H and O–H groups in total. The summed E-state index contributed by atoms with van der Waals surface area (Å²) in [6.07, 6.45) is -0.418. The van der Waals surface area contributed by atoms with Gasteiger partial charge in [-0.25, -0.2) is 13.2 Å². The minimum atomic E-state index is -3.07. The van der Waals surface area contributed by atoms with E-state index in [-0.39, 0.29) is 34.8 Å². The number of hydrogen-bond acceptors (Lipinski definition) is 5. The van der Waals surface area contributed by atoms with Crippen LogP contribution in [0.25, 0.3) is 0 Å². The molecule has 1 aliphatic rings. The Morgan fingerprint density at radius 3 is 2.65 bits per heavy atom. The molecule has 8 heteroatoms. The normalized spacial score (nSPS) is 20.7. The second-order valence-electron chi connectivity index (χ2n) is 5.60. The molecule has 1 amide bonds. The smallest absolute Gasteiger partial charge is 0.335 e. The van der Waals surface area contributed by atoms with Crippen LogP contribution in [0.15, 0.2) is 24.3 Å². The van der Waals surface area contributed by atoms with Crippen LogP contribution in [0, 0.1) is 0 Å². The standard InChI is InChI=1S/C15H19NO6S/c1-10(22-13-5-3-4-11(8-13)15(18)19)14(17)16(2)12-6-7-23(20,21)9-12/h3-5,8,10,12H,6-7,9H2,1-2H3,(H,18,19)/t10-,12+/m1/s1. The molecule has 2 rings (SSSR count). The van der Waals surface area contributed by atoms with E-state index in [1.807, 2.05) is 0 Å². The number of likely N-dealkylation sites (N-methyl/N-ethyl adjacent to an activating group) is 1. The molecule has 0 saturated carbocycles. The second kappa shape index (κ2) is 6.57. The van der Waals surface area contributed by atoms with Gasteiger partial charge in [0, 0.05) is 13.1 Å². The fourth-order valence-corrected chi connectivity index (χ4v) is 4.28. The molecule has 0 aromatic heterocycles. The fraction of sp³-hybridized carbons (Fsp3) is 0.467. The van der Waals surface area contributed by atoms with Gasteiger partial charge in [0.05, 0.1) is 17.1 Å². The molecule has 1 heterocycles. The van der Waals surface area contributed by atoms with E-state index >= 15 is 0 Å². The highest BCUT2D eigenvalue weighted by atomic mass is 32.2. The van der Waals surface area contributed by atoms with Crippen LogP contribution in [0.5, 0.6) is 5.75 Å². The quantitative estimate of drug-likeness (QED) is 0.850. The van der Waals surface area contributed by atoms with Crippen LogP contribution in [0.4, 0.5) is 0 Å². The Morgan fingerprint density at radius 1 is 1.39 bits per heavy atom. The predicted octanol–water partition coefficient (Wildman–Crippen LogP) is 0.798. The Labute approximate surface area is 134 Å². The SMILES string of the molecule is C[C@@H](Oc1cccc(C(=O)O)c1)C(=O)N(C)[C@H]1CCS(=O)(=O)C1. The van der Waals surface area contributed by atoms with Crippen molar-refractivity contribution in [2.45, 2.75) is 25.5 Å². The first-order chi connectivity index (χ1) is 10.7. The van der Waals surface area contributed by atoms with Crippen LogP contribution in [0.2, 0.25) is 0 Å². The van der Waals surface area contributed by atoms with Crippen molar-refractivity contribution in [1.29, 1.82) is 0 Å². The van der Waals surface area contributed by atoms with Gasteiger partial charge < -0.3 is 14.7 Å². The van der Waals surface area contributed by atoms with Crippen LogP contribution < -0.4 is 4.74 Å². The number of benzene rings is 1. The van der Waals surface area contributed by atoms with Crippen LogP contribution in [0.3, 0.4) is 0 Å². The minimum absolute atomic E-state index is 0.0313. The van der Waals surface area contributed by atoms with Crippen molar-refractivity contribution < 1.29 is 27.9 Å². The molecule has 0 aliphatic carbocycles. The summed E-state index contributed by atoms with van der Waals surface area (Å²) < 4.78 is 28.5. The van der Waals surface area contributed by atoms with Gasteiger partial charge in [0.2, 0.25) is 0 Å². The van der Waals surface area contributed by atoms with Gasteiger partial charge in [-0.1, -0.05) is 6.07 Å². The number of carboxylic acids is 1. The summed E-state index contributed by atoms with van der Waals surface area (Å²) in [5.74, 6) is -1.09. The first kappa shape index (κ1) is 17.3. The number of carbonyl (C=O) groups is 2. The van der Waals surface area contributed by atoms with E-state index in [9.17, 15) is 18.0 Å². The maximum Gasteiger partial charge on any atom is 0.335 e. The third-order valence-corrected chi connectivity index (χ3v) is 5.60. The molecule has 1 aromatic carbocycles. The molecule has 1 fully saturated rings. The van der Waals surface area contributed by atoms with E-state index in [0.717, 1.165) is 0 Å². The zero-order valence-corrected chi connectivity index (χ0v) is 13.7. The van der Waals surface area contributed by atoms with Crippen LogP contribution >= 0.6 is 0 Å². The summed E-state index contributed by atoms with van der Waals surface area (Å²) in [4.78, 5) is 24.7. The molecule has 0 unspecified atom stereocenters. The fourth-order valence-electron chi connectivity index (χ4n) is 2.50. The number of hydrogen-bond donors (Lipinski definition) is 1. The number of ether oxygens (including phenoxy) is 1. The Morgan fingerprint density at radius 2 is 2.09 bits per heavy atom. The molecule has 1 aromatic rings. The van der Waals surface area contributed by atoms with Crippen molar-refractivity contribution in [3.63, 3.8) is 0 Å². The van der Waals surface area contributed by atoms with Crippen molar-refractivity contribution in [2.24, 2.45) is 0 Å². The summed E-state index contributed by atoms with van der Waals surface area (Å²) in [5.41, 5.74) is 0.0670. The minimum Gasteiger partial charge on any atom is -0.481 e. The van der Waals surface area contributed by atoms with E-state index in [2.05, 4.69) is 0 Å². The van der Waals surface area contributed by atoms with E-state index in [0.29, 0.717) is 6.42 Å². The molecule has 126 valence electrons. The van der Waals surface area contributed by atoms with E-state index in [4.69, 9.17) is 9.84 Å². The summed E-state index contributed by atoms with van der Waals surface area (Å²) in [6.45, 7) is 1.55. The monoisotopic (exact) mass is 341 g/mol. The maximum atomic E-state index is 12.4. The molecule has 7 nitrogen and oxygen atoms in total. The van der Waals surface area contributed by atoms with Crippen molar-refractivity contribution >= 4 is 21.7 Å². The Balaban J connectivity index is 2.02. The zero-order valence-electron chi connectivity index (χ0n) is 12.9. The Kier molecular flexibility index (Phi) is 4.93. The van der Waals surface area contributed by atoms with Gasteiger partial charge in [0.1, 0.15) is 5.75 Å². The predicted molar refractivity (Wildman–Crippen MR) is 83.3 cm³/mol. The highest BCUT2D eigenvalue weighted by molar-refractivity contribution is 7.91. The number of amides is 1. The molecular formula is C15H19NO6S. The summed E-state index contributed by atoms with van der Waals surface area (Å²) in [6, 6.07) is 5.52. The number of carboxylic acid groups (broad SMARTS) is 1. The first-order valence-corrected chi connectivity index (χ1v) is 8.99. The first-order valence-electron chi connectivity index (χ1n) is 7.17. The number of nitrogens with zero attached hydrogens (tertiary/aromatic N) is 1. The highest BCUT2D eigenvalue weighted by Gasteiger charge is 2.34. The molecule has 0 bridgehead atoms. The lowest BCUT2D eigenvalue weighted by Crippen LogP contribution is -2.44. The molecule has 23 heavy (non-hydrogen) atoms. The Hall–Kier alpha value is -2.09. The van der Waals surface area contributed by atoms with Crippen LogP contribution in [-0.4, -0.2) is 61.0 Å². The summed E-state index contributed by atoms with van der Waals surface area (Å²) >= 11 is 0. The van der Waals surface area contributed by atoms with Crippen LogP contribution in [-0.2, 0) is 14.6 Å². The molecule has 0 spiro atoms. The van der Waals surface area contributed by atoms with Gasteiger partial charge in [0.25, 0.3) is 5.91 Å². The highest BCUT2D eigenvalue weighted by Crippen LogP contribution is 2.19. The lowest BCUT2D eigenvalue weighted by molar-refractivity contribution is -0.138. The van der Waals surface area contributed by atoms with Crippen molar-refractivity contribution in [2.75, 3.05) is 18.6 Å². The van der Waals surface area contributed by atoms with E-state index in [1.54, 1.807) is 20.0 Å². The molecule has 1 aliphatic heterocycles. The van der Waals surface area contributed by atoms with Crippen molar-refractivity contribution in [3.8, 4) is 5.75 Å².